The van der Waals surface area contributed by atoms with Crippen molar-refractivity contribution in [3.05, 3.63) is 0 Å². The van der Waals surface area contributed by atoms with Crippen LogP contribution in [0.5, 0.6) is 0 Å². The number of carboxylic acid groups (broad SMARTS) is 1. The van der Waals surface area contributed by atoms with E-state index in [2.05, 4.69) is 0 Å². The Bertz CT molecular complexity index is 104. The van der Waals surface area contributed by atoms with Gasteiger partial charge in [0.1, 0.15) is 6.04 Å². The number of carboxylic acids is 1. The molecule has 1 atom stereocenters. The Kier molecular flexibility index (Phi) is 23.3. The van der Waals surface area contributed by atoms with Crippen molar-refractivity contribution in [3.8, 4) is 0 Å². The number of aliphatic carboxylic acids is 1. The number of rotatable bonds is 4. The molecule has 0 aliphatic carbocycles. The first kappa shape index (κ1) is 19.6. The molecule has 11 heavy (non-hydrogen) atoms. The van der Waals surface area contributed by atoms with E-state index in [0.717, 1.165) is 5.75 Å². The molecule has 0 rings (SSSR count). The summed E-state index contributed by atoms with van der Waals surface area (Å²) in [5, 5.41) is 8.27. The monoisotopic (exact) mass is 229 g/mol. The second-order valence-corrected chi connectivity index (χ2v) is 2.71. The predicted molar refractivity (Wildman–Crippen MR) is 52.9 cm³/mol. The van der Waals surface area contributed by atoms with E-state index < -0.39 is 12.0 Å². The second-order valence-electron chi connectivity index (χ2n) is 1.73. The minimum atomic E-state index is -0.913. The Hall–Kier alpha value is 3.05. The van der Waals surface area contributed by atoms with Crippen LogP contribution >= 0.6 is 11.8 Å². The van der Waals surface area contributed by atoms with Crippen LogP contribution in [-0.4, -0.2) is 132 Å². The summed E-state index contributed by atoms with van der Waals surface area (Å²) in [6, 6.07) is -0.683. The van der Waals surface area contributed by atoms with Gasteiger partial charge in [-0.25, -0.2) is 0 Å². The molecular formula is C5H13K2NO2S. The minimum absolute atomic E-state index is 0. The zero-order valence-electron chi connectivity index (χ0n) is 5.33. The van der Waals surface area contributed by atoms with E-state index in [9.17, 15) is 4.79 Å². The van der Waals surface area contributed by atoms with Crippen LogP contribution in [0.15, 0.2) is 0 Å². The molecule has 6 heteroatoms. The molecule has 0 spiro atoms. The molecule has 3 N–H and O–H groups in total. The van der Waals surface area contributed by atoms with Crippen molar-refractivity contribution in [3.63, 3.8) is 0 Å². The number of nitrogens with two attached hydrogens (primary N) is 1. The van der Waals surface area contributed by atoms with E-state index in [0.29, 0.717) is 6.42 Å². The van der Waals surface area contributed by atoms with Crippen LogP contribution in [0.1, 0.15) is 6.42 Å². The van der Waals surface area contributed by atoms with E-state index in [4.69, 9.17) is 10.8 Å². The maximum atomic E-state index is 10.1. The van der Waals surface area contributed by atoms with E-state index in [1.54, 1.807) is 11.8 Å². The molecule has 0 fully saturated rings. The van der Waals surface area contributed by atoms with Gasteiger partial charge in [0.25, 0.3) is 0 Å². The summed E-state index contributed by atoms with van der Waals surface area (Å²) < 4.78 is 0. The fourth-order valence-electron chi connectivity index (χ4n) is 0.368. The van der Waals surface area contributed by atoms with E-state index in [1.165, 1.54) is 0 Å². The van der Waals surface area contributed by atoms with Gasteiger partial charge in [0.2, 0.25) is 0 Å². The van der Waals surface area contributed by atoms with Crippen molar-refractivity contribution in [2.24, 2.45) is 5.73 Å². The normalized spacial score (nSPS) is 10.7. The number of hydrogen-bond donors (Lipinski definition) is 2. The summed E-state index contributed by atoms with van der Waals surface area (Å²) >= 11 is 1.60. The molecule has 0 aliphatic heterocycles. The standard InChI is InChI=1S/C5H11NO2S.2K.2H/c1-9-3-2-4(6)5(7)8;;;;/h4H,2-3,6H2,1H3,(H,7,8);;;;. The Labute approximate surface area is 156 Å². The molecule has 1 unspecified atom stereocenters. The summed E-state index contributed by atoms with van der Waals surface area (Å²) in [4.78, 5) is 10.1. The van der Waals surface area contributed by atoms with Gasteiger partial charge in [0, 0.05) is 0 Å². The van der Waals surface area contributed by atoms with Crippen LogP contribution in [0.2, 0.25) is 0 Å². The zero-order valence-corrected chi connectivity index (χ0v) is 6.15. The average Bonchev–Trinajstić information content (AvgIpc) is 1.82. The number of hydrogen-bond acceptors (Lipinski definition) is 3. The Morgan fingerprint density at radius 2 is 2.09 bits per heavy atom. The first-order valence-electron chi connectivity index (χ1n) is 2.65. The first-order chi connectivity index (χ1) is 4.18. The summed E-state index contributed by atoms with van der Waals surface area (Å²) in [6.45, 7) is 0. The summed E-state index contributed by atoms with van der Waals surface area (Å²) in [6.07, 6.45) is 2.48. The number of thioether (sulfide) groups is 1. The van der Waals surface area contributed by atoms with Gasteiger partial charge in [0.15, 0.2) is 0 Å². The van der Waals surface area contributed by atoms with E-state index in [1.807, 2.05) is 6.26 Å². The summed E-state index contributed by atoms with van der Waals surface area (Å²) in [5.74, 6) is -0.1000. The van der Waals surface area contributed by atoms with Gasteiger partial charge in [-0.2, -0.15) is 11.8 Å². The van der Waals surface area contributed by atoms with Gasteiger partial charge >= 0.3 is 109 Å². The third-order valence-electron chi connectivity index (χ3n) is 0.950. The van der Waals surface area contributed by atoms with Crippen molar-refractivity contribution in [1.82, 2.24) is 0 Å². The molecule has 0 aromatic heterocycles. The number of carbonyl (C=O) groups is 1. The first-order valence-corrected chi connectivity index (χ1v) is 4.05. The molecule has 0 heterocycles. The quantitative estimate of drug-likeness (QED) is 0.598. The van der Waals surface area contributed by atoms with Gasteiger partial charge in [0.05, 0.1) is 0 Å². The molecule has 0 amide bonds. The molecule has 0 aromatic rings. The van der Waals surface area contributed by atoms with Crippen LogP contribution in [0.25, 0.3) is 0 Å². The van der Waals surface area contributed by atoms with E-state index >= 15 is 0 Å². The molecule has 3 nitrogen and oxygen atoms in total. The van der Waals surface area contributed by atoms with Gasteiger partial charge in [-0.15, -0.1) is 0 Å². The van der Waals surface area contributed by atoms with Crippen molar-refractivity contribution in [2.45, 2.75) is 12.5 Å². The molecule has 0 saturated heterocycles. The van der Waals surface area contributed by atoms with Crippen LogP contribution in [0.4, 0.5) is 0 Å². The summed E-state index contributed by atoms with van der Waals surface area (Å²) in [7, 11) is 0. The van der Waals surface area contributed by atoms with Crippen molar-refractivity contribution < 1.29 is 9.90 Å². The molecular weight excluding hydrogens is 216 g/mol. The SMILES string of the molecule is CSCCC(N)C(=O)O.[KH].[KH]. The van der Waals surface area contributed by atoms with E-state index in [-0.39, 0.29) is 103 Å². The molecule has 58 valence electrons. The van der Waals surface area contributed by atoms with Gasteiger partial charge in [-0.1, -0.05) is 0 Å². The Balaban J connectivity index is -0.000000320. The topological polar surface area (TPSA) is 63.3 Å². The third-order valence-corrected chi connectivity index (χ3v) is 1.59. The van der Waals surface area contributed by atoms with Crippen LogP contribution in [0, 0.1) is 0 Å². The fraction of sp³-hybridized carbons (Fsp3) is 0.800. The van der Waals surface area contributed by atoms with Crippen LogP contribution in [0.3, 0.4) is 0 Å². The molecule has 0 aliphatic rings. The second kappa shape index (κ2) is 13.1. The Morgan fingerprint density at radius 3 is 2.36 bits per heavy atom. The van der Waals surface area contributed by atoms with Crippen LogP contribution in [-0.2, 0) is 4.79 Å². The zero-order chi connectivity index (χ0) is 7.28. The molecule has 0 radical (unpaired) electrons. The van der Waals surface area contributed by atoms with Crippen LogP contribution < -0.4 is 5.73 Å². The fourth-order valence-corrected chi connectivity index (χ4v) is 0.858. The van der Waals surface area contributed by atoms with Crippen molar-refractivity contribution in [1.29, 1.82) is 0 Å². The Morgan fingerprint density at radius 1 is 1.64 bits per heavy atom. The average molecular weight is 229 g/mol. The predicted octanol–water partition coefficient (Wildman–Crippen LogP) is -1.15. The van der Waals surface area contributed by atoms with Gasteiger partial charge in [-0.05, 0) is 18.4 Å². The molecule has 0 saturated carbocycles. The van der Waals surface area contributed by atoms with Gasteiger partial charge < -0.3 is 10.8 Å². The van der Waals surface area contributed by atoms with Crippen molar-refractivity contribution in [2.75, 3.05) is 12.0 Å². The van der Waals surface area contributed by atoms with Gasteiger partial charge in [-0.3, -0.25) is 4.79 Å². The molecule has 0 bridgehead atoms. The third kappa shape index (κ3) is 13.1. The molecule has 0 aromatic carbocycles. The summed E-state index contributed by atoms with van der Waals surface area (Å²) in [5.41, 5.74) is 5.19. The van der Waals surface area contributed by atoms with Crippen molar-refractivity contribution >= 4 is 121 Å². The maximum absolute atomic E-state index is 10.1.